The Morgan fingerprint density at radius 3 is 2.18 bits per heavy atom. The molecule has 1 rings (SSSR count). The number of halogens is 1. The molecule has 0 spiro atoms. The van der Waals surface area contributed by atoms with Gasteiger partial charge in [-0.1, -0.05) is 0 Å². The van der Waals surface area contributed by atoms with Crippen LogP contribution in [0.4, 0.5) is 0 Å². The van der Waals surface area contributed by atoms with Gasteiger partial charge in [0, 0.05) is 0 Å². The zero-order valence-electron chi connectivity index (χ0n) is 6.42. The van der Waals surface area contributed by atoms with E-state index in [1.165, 1.54) is 5.56 Å². The van der Waals surface area contributed by atoms with Crippen LogP contribution in [0.2, 0.25) is 0 Å². The standard InChI is InChI=1S/C9H7.BrH.Zn/c1-3-9-6-4-8(2)5-7-9;;/h4-7H,2H3;1H;. The molecule has 0 bridgehead atoms. The molecule has 0 aliphatic heterocycles. The summed E-state index contributed by atoms with van der Waals surface area (Å²) < 4.78 is 2.98. The zero-order valence-corrected chi connectivity index (χ0v) is 11.1. The summed E-state index contributed by atoms with van der Waals surface area (Å²) in [5.41, 5.74) is 2.41. The van der Waals surface area contributed by atoms with Crippen LogP contribution in [0.15, 0.2) is 24.3 Å². The van der Waals surface area contributed by atoms with Crippen molar-refractivity contribution < 1.29 is 18.3 Å². The van der Waals surface area contributed by atoms with Crippen molar-refractivity contribution in [2.75, 3.05) is 0 Å². The van der Waals surface area contributed by atoms with E-state index < -0.39 is 0 Å². The second-order valence-corrected chi connectivity index (χ2v) is 2.91. The van der Waals surface area contributed by atoms with Gasteiger partial charge in [-0.25, -0.2) is 0 Å². The van der Waals surface area contributed by atoms with Gasteiger partial charge in [-0.3, -0.25) is 0 Å². The summed E-state index contributed by atoms with van der Waals surface area (Å²) >= 11 is 1.05. The molecule has 0 radical (unpaired) electrons. The maximum absolute atomic E-state index is 3.04. The van der Waals surface area contributed by atoms with Gasteiger partial charge in [-0.15, -0.1) is 17.0 Å². The van der Waals surface area contributed by atoms with Gasteiger partial charge >= 0.3 is 71.1 Å². The number of rotatable bonds is 0. The van der Waals surface area contributed by atoms with E-state index in [1.54, 1.807) is 0 Å². The maximum atomic E-state index is 3.04. The monoisotopic (exact) mass is 259 g/mol. The fourth-order valence-corrected chi connectivity index (χ4v) is 1.17. The molecule has 0 aromatic heterocycles. The second-order valence-electron chi connectivity index (χ2n) is 2.17. The van der Waals surface area contributed by atoms with Crippen molar-refractivity contribution in [3.05, 3.63) is 35.4 Å². The van der Waals surface area contributed by atoms with E-state index in [0.29, 0.717) is 0 Å². The summed E-state index contributed by atoms with van der Waals surface area (Å²) in [4.78, 5) is 0. The van der Waals surface area contributed by atoms with Crippen molar-refractivity contribution in [1.82, 2.24) is 0 Å². The Balaban J connectivity index is 0.000001000. The quantitative estimate of drug-likeness (QED) is 0.497. The van der Waals surface area contributed by atoms with Crippen LogP contribution in [0.1, 0.15) is 11.1 Å². The second kappa shape index (κ2) is 5.52. The molecule has 0 heterocycles. The summed E-state index contributed by atoms with van der Waals surface area (Å²) in [5, 5.41) is 0. The minimum atomic E-state index is 0. The van der Waals surface area contributed by atoms with E-state index in [4.69, 9.17) is 0 Å². The van der Waals surface area contributed by atoms with Crippen molar-refractivity contribution in [2.45, 2.75) is 6.92 Å². The molecule has 0 amide bonds. The summed E-state index contributed by atoms with van der Waals surface area (Å²) in [7, 11) is 0. The van der Waals surface area contributed by atoms with Crippen molar-refractivity contribution in [3.63, 3.8) is 0 Å². The summed E-state index contributed by atoms with van der Waals surface area (Å²) in [6.45, 7) is 2.08. The first kappa shape index (κ1) is 10.9. The molecule has 1 aromatic carbocycles. The Bertz CT molecular complexity index is 266. The molecule has 53 valence electrons. The first-order valence-electron chi connectivity index (χ1n) is 3.17. The topological polar surface area (TPSA) is 0 Å². The van der Waals surface area contributed by atoms with E-state index in [0.717, 1.165) is 23.9 Å². The van der Waals surface area contributed by atoms with Gasteiger partial charge < -0.3 is 0 Å². The fourth-order valence-electron chi connectivity index (χ4n) is 0.739. The first-order chi connectivity index (χ1) is 4.83. The zero-order chi connectivity index (χ0) is 7.40. The van der Waals surface area contributed by atoms with Crippen LogP contribution in [-0.4, -0.2) is 0 Å². The molecule has 11 heavy (non-hydrogen) atoms. The van der Waals surface area contributed by atoms with Crippen LogP contribution in [0.5, 0.6) is 0 Å². The van der Waals surface area contributed by atoms with Crippen LogP contribution in [0.3, 0.4) is 0 Å². The molecular weight excluding hydrogens is 253 g/mol. The van der Waals surface area contributed by atoms with Crippen molar-refractivity contribution in [1.29, 1.82) is 0 Å². The molecule has 0 fully saturated rings. The molecule has 0 saturated carbocycles. The molecule has 0 nitrogen and oxygen atoms in total. The molecule has 0 aliphatic carbocycles. The van der Waals surface area contributed by atoms with Crippen LogP contribution in [0, 0.1) is 17.4 Å². The van der Waals surface area contributed by atoms with E-state index in [2.05, 4.69) is 41.6 Å². The fraction of sp³-hybridized carbons (Fsp3) is 0.111. The molecule has 1 aromatic rings. The SMILES string of the molecule is Br.Cc1ccc(C#[C][Zn])cc1. The average Bonchev–Trinajstić information content (AvgIpc) is 1.95. The summed E-state index contributed by atoms with van der Waals surface area (Å²) in [6, 6.07) is 8.27. The van der Waals surface area contributed by atoms with Gasteiger partial charge in [0.1, 0.15) is 0 Å². The Morgan fingerprint density at radius 1 is 1.18 bits per heavy atom. The predicted octanol–water partition coefficient (Wildman–Crippen LogP) is 2.43. The number of hydrogen-bond acceptors (Lipinski definition) is 0. The molecule has 0 N–H and O–H groups in total. The van der Waals surface area contributed by atoms with Crippen molar-refractivity contribution >= 4 is 17.0 Å². The third kappa shape index (κ3) is 3.70. The van der Waals surface area contributed by atoms with Gasteiger partial charge in [0.05, 0.1) is 0 Å². The van der Waals surface area contributed by atoms with Crippen molar-refractivity contribution in [3.8, 4) is 10.4 Å². The van der Waals surface area contributed by atoms with Gasteiger partial charge in [0.2, 0.25) is 0 Å². The normalized spacial score (nSPS) is 7.55. The third-order valence-corrected chi connectivity index (χ3v) is 1.66. The van der Waals surface area contributed by atoms with Crippen LogP contribution in [0.25, 0.3) is 0 Å². The predicted molar refractivity (Wildman–Crippen MR) is 48.4 cm³/mol. The Hall–Kier alpha value is -0.117. The van der Waals surface area contributed by atoms with Crippen LogP contribution >= 0.6 is 17.0 Å². The molecular formula is C9H8BrZn. The van der Waals surface area contributed by atoms with Gasteiger partial charge in [0.25, 0.3) is 0 Å². The Kier molecular flexibility index (Phi) is 5.46. The minimum absolute atomic E-state index is 0. The van der Waals surface area contributed by atoms with E-state index in [9.17, 15) is 0 Å². The van der Waals surface area contributed by atoms with Gasteiger partial charge in [-0.05, 0) is 0 Å². The molecule has 0 aliphatic rings. The van der Waals surface area contributed by atoms with Crippen molar-refractivity contribution in [2.24, 2.45) is 0 Å². The molecule has 0 atom stereocenters. The first-order valence-corrected chi connectivity index (χ1v) is 4.66. The van der Waals surface area contributed by atoms with Crippen LogP contribution in [-0.2, 0) is 18.3 Å². The number of benzene rings is 1. The average molecular weight is 261 g/mol. The van der Waals surface area contributed by atoms with Gasteiger partial charge in [0.15, 0.2) is 0 Å². The van der Waals surface area contributed by atoms with E-state index in [-0.39, 0.29) is 17.0 Å². The Morgan fingerprint density at radius 2 is 1.73 bits per heavy atom. The van der Waals surface area contributed by atoms with Gasteiger partial charge in [-0.2, -0.15) is 0 Å². The van der Waals surface area contributed by atoms with E-state index >= 15 is 0 Å². The number of aryl methyl sites for hydroxylation is 1. The van der Waals surface area contributed by atoms with E-state index in [1.807, 2.05) is 0 Å². The Labute approximate surface area is 87.8 Å². The molecule has 0 unspecified atom stereocenters. The number of hydrogen-bond donors (Lipinski definition) is 0. The summed E-state index contributed by atoms with van der Waals surface area (Å²) in [5.74, 6) is 3.04. The molecule has 2 heteroatoms. The summed E-state index contributed by atoms with van der Waals surface area (Å²) in [6.07, 6.45) is 0. The molecule has 0 saturated heterocycles. The third-order valence-electron chi connectivity index (χ3n) is 1.28. The van der Waals surface area contributed by atoms with Crippen LogP contribution < -0.4 is 0 Å².